The van der Waals surface area contributed by atoms with Crippen LogP contribution in [0.5, 0.6) is 5.75 Å². The topological polar surface area (TPSA) is 109 Å². The number of amides is 3. The molecule has 7 unspecified atom stereocenters. The standard InChI is InChI=1S/C28H24FN3O5S2/c1-37-15-8-2-12(3-9-15)19-20-16-10-17(23(20)38-25-24(19)39-28(36)31-25)22-21(16)26(34)32(27(22)35)11-18(33)30-14-6-4-13(29)5-7-14/h2-9,16-17,19-23H,10-11H2,1H3,(H,30,33)(H,31,36). The van der Waals surface area contributed by atoms with E-state index >= 15 is 0 Å². The third-order valence-electron chi connectivity index (χ3n) is 8.72. The molecule has 2 N–H and O–H groups in total. The number of ether oxygens (including phenoxy) is 1. The van der Waals surface area contributed by atoms with Crippen molar-refractivity contribution in [1.82, 2.24) is 9.88 Å². The number of aromatic nitrogens is 1. The lowest BCUT2D eigenvalue weighted by Gasteiger charge is -2.43. The lowest BCUT2D eigenvalue weighted by Crippen LogP contribution is -2.42. The van der Waals surface area contributed by atoms with Gasteiger partial charge >= 0.3 is 4.87 Å². The molecule has 1 saturated heterocycles. The SMILES string of the molecule is COc1ccc(C2c3sc(=O)[nH]c3SC3C4CC(C5C(=O)N(CC(=O)Nc6ccc(F)cc6)C(=O)C45)C23)cc1. The smallest absolute Gasteiger partial charge is 0.305 e. The minimum Gasteiger partial charge on any atom is -0.497 e. The highest BCUT2D eigenvalue weighted by molar-refractivity contribution is 8.00. The predicted molar refractivity (Wildman–Crippen MR) is 143 cm³/mol. The van der Waals surface area contributed by atoms with Crippen molar-refractivity contribution in [3.8, 4) is 5.75 Å². The molecule has 200 valence electrons. The summed E-state index contributed by atoms with van der Waals surface area (Å²) >= 11 is 2.84. The number of rotatable bonds is 5. The van der Waals surface area contributed by atoms with Gasteiger partial charge in [0, 0.05) is 21.7 Å². The molecule has 3 heterocycles. The molecule has 3 amide bonds. The van der Waals surface area contributed by atoms with Crippen LogP contribution in [0.15, 0.2) is 58.4 Å². The highest BCUT2D eigenvalue weighted by atomic mass is 32.2. The zero-order chi connectivity index (χ0) is 27.0. The average molecular weight is 566 g/mol. The van der Waals surface area contributed by atoms with E-state index in [1.165, 1.54) is 35.6 Å². The molecule has 8 nitrogen and oxygen atoms in total. The van der Waals surface area contributed by atoms with Crippen molar-refractivity contribution in [2.75, 3.05) is 19.0 Å². The maximum absolute atomic E-state index is 13.7. The molecular formula is C28H24FN3O5S2. The molecule has 4 aliphatic rings. The Kier molecular flexibility index (Phi) is 5.71. The second-order valence-corrected chi connectivity index (χ2v) is 12.8. The normalized spacial score (nSPS) is 30.2. The largest absolute Gasteiger partial charge is 0.497 e. The summed E-state index contributed by atoms with van der Waals surface area (Å²) < 4.78 is 18.6. The molecule has 2 saturated carbocycles. The lowest BCUT2D eigenvalue weighted by molar-refractivity contribution is -0.143. The van der Waals surface area contributed by atoms with Crippen LogP contribution in [0.3, 0.4) is 0 Å². The van der Waals surface area contributed by atoms with Crippen molar-refractivity contribution in [2.45, 2.75) is 22.6 Å². The van der Waals surface area contributed by atoms with Gasteiger partial charge in [-0.3, -0.25) is 24.1 Å². The van der Waals surface area contributed by atoms with Gasteiger partial charge in [0.25, 0.3) is 0 Å². The number of nitrogens with one attached hydrogen (secondary N) is 2. The molecule has 7 rings (SSSR count). The maximum Gasteiger partial charge on any atom is 0.305 e. The highest BCUT2D eigenvalue weighted by Gasteiger charge is 2.69. The fourth-order valence-corrected chi connectivity index (χ4v) is 10.2. The number of imide groups is 1. The second kappa shape index (κ2) is 9.06. The molecule has 2 bridgehead atoms. The molecule has 3 aromatic rings. The number of hydrogen-bond donors (Lipinski definition) is 2. The quantitative estimate of drug-likeness (QED) is 0.457. The Morgan fingerprint density at radius 2 is 1.74 bits per heavy atom. The Labute approximate surface area is 230 Å². The first kappa shape index (κ1) is 24.6. The van der Waals surface area contributed by atoms with E-state index in [1.54, 1.807) is 18.9 Å². The van der Waals surface area contributed by atoms with E-state index in [4.69, 9.17) is 4.74 Å². The molecule has 11 heteroatoms. The van der Waals surface area contributed by atoms with Crippen LogP contribution in [0.25, 0.3) is 0 Å². The van der Waals surface area contributed by atoms with Gasteiger partial charge in [-0.2, -0.15) is 0 Å². The van der Waals surface area contributed by atoms with Crippen LogP contribution in [0.4, 0.5) is 10.1 Å². The van der Waals surface area contributed by atoms with Gasteiger partial charge in [0.1, 0.15) is 18.1 Å². The van der Waals surface area contributed by atoms with Crippen molar-refractivity contribution in [1.29, 1.82) is 0 Å². The minimum atomic E-state index is -0.502. The van der Waals surface area contributed by atoms with Gasteiger partial charge in [-0.1, -0.05) is 23.5 Å². The summed E-state index contributed by atoms with van der Waals surface area (Å²) in [7, 11) is 1.61. The number of benzene rings is 2. The number of hydrogen-bond acceptors (Lipinski definition) is 7. The summed E-state index contributed by atoms with van der Waals surface area (Å²) in [6, 6.07) is 13.2. The van der Waals surface area contributed by atoms with Gasteiger partial charge in [0.15, 0.2) is 0 Å². The summed E-state index contributed by atoms with van der Waals surface area (Å²) in [5.41, 5.74) is 1.45. The fraction of sp³-hybridized carbons (Fsp3) is 0.357. The summed E-state index contributed by atoms with van der Waals surface area (Å²) in [5.74, 6) is -1.75. The zero-order valence-corrected chi connectivity index (χ0v) is 22.4. The summed E-state index contributed by atoms with van der Waals surface area (Å²) in [5, 5.41) is 3.57. The fourth-order valence-electron chi connectivity index (χ4n) is 7.30. The molecule has 7 atom stereocenters. The Morgan fingerprint density at radius 1 is 1.05 bits per heavy atom. The Balaban J connectivity index is 1.18. The molecule has 2 aliphatic carbocycles. The number of methoxy groups -OCH3 is 1. The highest BCUT2D eigenvalue weighted by Crippen LogP contribution is 2.68. The number of thiazole rings is 1. The van der Waals surface area contributed by atoms with Gasteiger partial charge in [-0.15, -0.1) is 11.8 Å². The first-order valence-electron chi connectivity index (χ1n) is 12.8. The summed E-state index contributed by atoms with van der Waals surface area (Å²) in [4.78, 5) is 57.3. The van der Waals surface area contributed by atoms with E-state index in [-0.39, 0.29) is 52.2 Å². The van der Waals surface area contributed by atoms with Crippen molar-refractivity contribution in [3.05, 3.63) is 74.5 Å². The number of carbonyl (C=O) groups is 3. The number of fused-ring (bicyclic) bond motifs is 9. The number of anilines is 1. The number of thioether (sulfide) groups is 1. The number of likely N-dealkylation sites (tertiary alicyclic amines) is 1. The monoisotopic (exact) mass is 565 g/mol. The number of H-pyrrole nitrogens is 1. The Bertz CT molecular complexity index is 1550. The van der Waals surface area contributed by atoms with E-state index in [9.17, 15) is 23.6 Å². The molecule has 39 heavy (non-hydrogen) atoms. The molecule has 0 radical (unpaired) electrons. The number of carbonyl (C=O) groups excluding carboxylic acids is 3. The van der Waals surface area contributed by atoms with Crippen LogP contribution in [0, 0.1) is 35.4 Å². The van der Waals surface area contributed by atoms with E-state index in [0.717, 1.165) is 32.5 Å². The zero-order valence-electron chi connectivity index (χ0n) is 20.8. The van der Waals surface area contributed by atoms with E-state index in [2.05, 4.69) is 10.3 Å². The van der Waals surface area contributed by atoms with Crippen LogP contribution in [-0.2, 0) is 14.4 Å². The van der Waals surface area contributed by atoms with Crippen LogP contribution < -0.4 is 14.9 Å². The Hall–Kier alpha value is -3.44. The van der Waals surface area contributed by atoms with Crippen molar-refractivity contribution < 1.29 is 23.5 Å². The van der Waals surface area contributed by atoms with E-state index in [0.29, 0.717) is 5.69 Å². The molecular weight excluding hydrogens is 541 g/mol. The minimum absolute atomic E-state index is 0.0195. The average Bonchev–Trinajstić information content (AvgIpc) is 3.66. The molecule has 0 spiro atoms. The first-order chi connectivity index (χ1) is 18.8. The lowest BCUT2D eigenvalue weighted by atomic mass is 9.68. The van der Waals surface area contributed by atoms with Gasteiger partial charge in [0.2, 0.25) is 17.7 Å². The van der Waals surface area contributed by atoms with Crippen LogP contribution in [0.1, 0.15) is 22.8 Å². The number of halogens is 1. The van der Waals surface area contributed by atoms with Gasteiger partial charge < -0.3 is 15.0 Å². The van der Waals surface area contributed by atoms with E-state index < -0.39 is 23.6 Å². The number of nitrogens with zero attached hydrogens (tertiary/aromatic N) is 1. The third-order valence-corrected chi connectivity index (χ3v) is 11.3. The summed E-state index contributed by atoms with van der Waals surface area (Å²) in [6.45, 7) is -0.369. The first-order valence-corrected chi connectivity index (χ1v) is 14.5. The van der Waals surface area contributed by atoms with Crippen molar-refractivity contribution in [2.24, 2.45) is 29.6 Å². The van der Waals surface area contributed by atoms with E-state index in [1.807, 2.05) is 24.3 Å². The van der Waals surface area contributed by atoms with Gasteiger partial charge in [-0.25, -0.2) is 4.39 Å². The Morgan fingerprint density at radius 3 is 2.44 bits per heavy atom. The van der Waals surface area contributed by atoms with Crippen molar-refractivity contribution in [3.63, 3.8) is 0 Å². The molecule has 1 aromatic heterocycles. The number of aromatic amines is 1. The van der Waals surface area contributed by atoms with Crippen LogP contribution in [-0.4, -0.2) is 46.5 Å². The summed E-state index contributed by atoms with van der Waals surface area (Å²) in [6.07, 6.45) is 0.774. The molecule has 2 aliphatic heterocycles. The van der Waals surface area contributed by atoms with Crippen molar-refractivity contribution >= 4 is 46.5 Å². The van der Waals surface area contributed by atoms with Gasteiger partial charge in [-0.05, 0) is 66.1 Å². The second-order valence-electron chi connectivity index (χ2n) is 10.6. The van der Waals surface area contributed by atoms with Crippen LogP contribution >= 0.6 is 23.1 Å². The molecule has 3 fully saturated rings. The third kappa shape index (κ3) is 3.77. The maximum atomic E-state index is 13.7. The molecule has 2 aromatic carbocycles. The predicted octanol–water partition coefficient (Wildman–Crippen LogP) is 3.70. The van der Waals surface area contributed by atoms with Crippen LogP contribution in [0.2, 0.25) is 0 Å². The van der Waals surface area contributed by atoms with Gasteiger partial charge in [0.05, 0.1) is 24.0 Å².